The van der Waals surface area contributed by atoms with Gasteiger partial charge in [-0.15, -0.1) is 0 Å². The van der Waals surface area contributed by atoms with E-state index in [0.29, 0.717) is 12.3 Å². The molecule has 0 bridgehead atoms. The van der Waals surface area contributed by atoms with Crippen LogP contribution in [0, 0.1) is 28.6 Å². The zero-order chi connectivity index (χ0) is 14.3. The molecule has 1 aliphatic carbocycles. The van der Waals surface area contributed by atoms with Gasteiger partial charge in [0.1, 0.15) is 5.92 Å². The minimum Gasteiger partial charge on any atom is -0.458 e. The first-order valence-electron chi connectivity index (χ1n) is 6.67. The lowest BCUT2D eigenvalue weighted by atomic mass is 10.0. The topological polar surface area (TPSA) is 91.0 Å². The highest BCUT2D eigenvalue weighted by Crippen LogP contribution is 2.28. The molecule has 0 aliphatic heterocycles. The Kier molecular flexibility index (Phi) is 6.20. The second kappa shape index (κ2) is 7.67. The second-order valence-electron chi connectivity index (χ2n) is 5.06. The number of rotatable bonds is 7. The summed E-state index contributed by atoms with van der Waals surface area (Å²) in [5.74, 6) is -1.40. The zero-order valence-corrected chi connectivity index (χ0v) is 11.3. The average molecular weight is 264 g/mol. The number of carbonyl (C=O) groups excluding carboxylic acids is 2. The maximum atomic E-state index is 11.5. The predicted octanol–water partition coefficient (Wildman–Crippen LogP) is 2.25. The number of ketones is 1. The first-order valence-corrected chi connectivity index (χ1v) is 6.67. The summed E-state index contributed by atoms with van der Waals surface area (Å²) in [6, 6.07) is 1.74. The molecule has 1 N–H and O–H groups in total. The van der Waals surface area contributed by atoms with Crippen LogP contribution in [-0.4, -0.2) is 24.1 Å². The van der Waals surface area contributed by atoms with Crippen molar-refractivity contribution in [3.8, 4) is 6.07 Å². The number of hydrogen-bond donors (Lipinski definition) is 1. The van der Waals surface area contributed by atoms with E-state index in [4.69, 9.17) is 15.4 Å². The van der Waals surface area contributed by atoms with Crippen molar-refractivity contribution in [3.63, 3.8) is 0 Å². The molecule has 0 aromatic heterocycles. The Morgan fingerprint density at radius 2 is 2.05 bits per heavy atom. The van der Waals surface area contributed by atoms with Gasteiger partial charge >= 0.3 is 5.97 Å². The molecule has 0 aromatic rings. The van der Waals surface area contributed by atoms with E-state index in [1.165, 1.54) is 32.6 Å². The Morgan fingerprint density at radius 1 is 1.42 bits per heavy atom. The second-order valence-corrected chi connectivity index (χ2v) is 5.06. The predicted molar refractivity (Wildman–Crippen MR) is 69.7 cm³/mol. The summed E-state index contributed by atoms with van der Waals surface area (Å²) in [6.07, 6.45) is 5.98. The Bertz CT molecular complexity index is 392. The molecule has 19 heavy (non-hydrogen) atoms. The highest BCUT2D eigenvalue weighted by Gasteiger charge is 2.22. The summed E-state index contributed by atoms with van der Waals surface area (Å²) in [6.45, 7) is 0.992. The van der Waals surface area contributed by atoms with Crippen molar-refractivity contribution in [2.75, 3.05) is 6.61 Å². The number of nitrogens with zero attached hydrogens (tertiary/aromatic N) is 1. The van der Waals surface area contributed by atoms with Crippen molar-refractivity contribution in [1.29, 1.82) is 10.7 Å². The lowest BCUT2D eigenvalue weighted by molar-refractivity contribution is -0.148. The molecular weight excluding hydrogens is 244 g/mol. The summed E-state index contributed by atoms with van der Waals surface area (Å²) in [4.78, 5) is 23.0. The van der Waals surface area contributed by atoms with Crippen LogP contribution in [-0.2, 0) is 14.3 Å². The van der Waals surface area contributed by atoms with Gasteiger partial charge in [0.2, 0.25) is 0 Å². The maximum absolute atomic E-state index is 11.5. The van der Waals surface area contributed by atoms with Crippen molar-refractivity contribution in [2.24, 2.45) is 11.8 Å². The van der Waals surface area contributed by atoms with Crippen LogP contribution in [0.1, 0.15) is 45.4 Å². The quantitative estimate of drug-likeness (QED) is 0.564. The van der Waals surface area contributed by atoms with Crippen molar-refractivity contribution < 1.29 is 14.3 Å². The SMILES string of the molecule is CC(=N)C(C#N)C(=O)COC(=O)CCC1CCCC1. The number of nitriles is 1. The Morgan fingerprint density at radius 3 is 2.58 bits per heavy atom. The highest BCUT2D eigenvalue weighted by atomic mass is 16.5. The third-order valence-electron chi connectivity index (χ3n) is 3.49. The highest BCUT2D eigenvalue weighted by molar-refractivity contribution is 6.05. The van der Waals surface area contributed by atoms with Gasteiger partial charge in [-0.05, 0) is 19.3 Å². The van der Waals surface area contributed by atoms with Crippen molar-refractivity contribution >= 4 is 17.5 Å². The normalized spacial score (nSPS) is 16.6. The van der Waals surface area contributed by atoms with Crippen LogP contribution in [0.5, 0.6) is 0 Å². The van der Waals surface area contributed by atoms with Crippen LogP contribution >= 0.6 is 0 Å². The van der Waals surface area contributed by atoms with E-state index in [-0.39, 0.29) is 11.7 Å². The van der Waals surface area contributed by atoms with E-state index in [2.05, 4.69) is 0 Å². The molecule has 104 valence electrons. The number of Topliss-reactive ketones (excluding diaryl/α,β-unsaturated/α-hetero) is 1. The van der Waals surface area contributed by atoms with Gasteiger partial charge < -0.3 is 10.1 Å². The number of nitrogens with one attached hydrogen (secondary N) is 1. The molecule has 0 amide bonds. The van der Waals surface area contributed by atoms with Crippen LogP contribution in [0.15, 0.2) is 0 Å². The molecule has 5 heteroatoms. The minimum absolute atomic E-state index is 0.0190. The lowest BCUT2D eigenvalue weighted by Crippen LogP contribution is -2.25. The van der Waals surface area contributed by atoms with E-state index >= 15 is 0 Å². The summed E-state index contributed by atoms with van der Waals surface area (Å²) >= 11 is 0. The fourth-order valence-corrected chi connectivity index (χ4v) is 2.34. The average Bonchev–Trinajstić information content (AvgIpc) is 2.87. The smallest absolute Gasteiger partial charge is 0.306 e. The molecule has 0 heterocycles. The molecule has 0 radical (unpaired) electrons. The van der Waals surface area contributed by atoms with E-state index in [1.807, 2.05) is 0 Å². The van der Waals surface area contributed by atoms with Crippen LogP contribution in [0.3, 0.4) is 0 Å². The molecule has 0 aromatic carbocycles. The molecule has 1 atom stereocenters. The molecule has 1 fully saturated rings. The molecular formula is C14H20N2O3. The third-order valence-corrected chi connectivity index (χ3v) is 3.49. The van der Waals surface area contributed by atoms with Crippen LogP contribution in [0.2, 0.25) is 0 Å². The van der Waals surface area contributed by atoms with Crippen LogP contribution < -0.4 is 0 Å². The maximum Gasteiger partial charge on any atom is 0.306 e. The van der Waals surface area contributed by atoms with E-state index in [0.717, 1.165) is 6.42 Å². The van der Waals surface area contributed by atoms with E-state index < -0.39 is 18.3 Å². The number of hydrogen-bond acceptors (Lipinski definition) is 5. The molecule has 1 unspecified atom stereocenters. The Balaban J connectivity index is 2.23. The van der Waals surface area contributed by atoms with E-state index in [9.17, 15) is 9.59 Å². The minimum atomic E-state index is -1.09. The van der Waals surface area contributed by atoms with Gasteiger partial charge in [-0.3, -0.25) is 9.59 Å². The first-order chi connectivity index (χ1) is 9.04. The molecule has 1 saturated carbocycles. The zero-order valence-electron chi connectivity index (χ0n) is 11.3. The van der Waals surface area contributed by atoms with Gasteiger partial charge in [0, 0.05) is 12.1 Å². The monoisotopic (exact) mass is 264 g/mol. The van der Waals surface area contributed by atoms with Gasteiger partial charge in [-0.2, -0.15) is 5.26 Å². The van der Waals surface area contributed by atoms with Crippen LogP contribution in [0.25, 0.3) is 0 Å². The number of esters is 1. The summed E-state index contributed by atoms with van der Waals surface area (Å²) in [5.41, 5.74) is -0.0190. The lowest BCUT2D eigenvalue weighted by Gasteiger charge is -2.09. The van der Waals surface area contributed by atoms with Crippen LogP contribution in [0.4, 0.5) is 0 Å². The van der Waals surface area contributed by atoms with Gasteiger partial charge in [0.15, 0.2) is 12.4 Å². The van der Waals surface area contributed by atoms with Gasteiger partial charge in [0.05, 0.1) is 6.07 Å². The summed E-state index contributed by atoms with van der Waals surface area (Å²) in [7, 11) is 0. The van der Waals surface area contributed by atoms with Crippen molar-refractivity contribution in [3.05, 3.63) is 0 Å². The van der Waals surface area contributed by atoms with Gasteiger partial charge in [0.25, 0.3) is 0 Å². The van der Waals surface area contributed by atoms with E-state index in [1.54, 1.807) is 6.07 Å². The molecule has 1 rings (SSSR count). The molecule has 5 nitrogen and oxygen atoms in total. The fourth-order valence-electron chi connectivity index (χ4n) is 2.34. The fraction of sp³-hybridized carbons (Fsp3) is 0.714. The Hall–Kier alpha value is -1.70. The Labute approximate surface area is 113 Å². The summed E-state index contributed by atoms with van der Waals surface area (Å²) in [5, 5.41) is 16.0. The van der Waals surface area contributed by atoms with Crippen molar-refractivity contribution in [2.45, 2.75) is 45.4 Å². The largest absolute Gasteiger partial charge is 0.458 e. The standard InChI is InChI=1S/C14H20N2O3/c1-10(16)12(8-15)13(17)9-19-14(18)7-6-11-4-2-3-5-11/h11-12,16H,2-7,9H2,1H3. The molecule has 1 aliphatic rings. The first kappa shape index (κ1) is 15.4. The number of carbonyl (C=O) groups is 2. The van der Waals surface area contributed by atoms with Gasteiger partial charge in [-0.1, -0.05) is 25.7 Å². The van der Waals surface area contributed by atoms with Crippen molar-refractivity contribution in [1.82, 2.24) is 0 Å². The van der Waals surface area contributed by atoms with Gasteiger partial charge in [-0.25, -0.2) is 0 Å². The molecule has 0 saturated heterocycles. The molecule has 0 spiro atoms. The summed E-state index contributed by atoms with van der Waals surface area (Å²) < 4.78 is 4.86. The number of ether oxygens (including phenoxy) is 1. The third kappa shape index (κ3) is 5.21.